The van der Waals surface area contributed by atoms with Gasteiger partial charge in [0.05, 0.1) is 7.11 Å². The molecule has 0 heterocycles. The van der Waals surface area contributed by atoms with Gasteiger partial charge < -0.3 is 19.5 Å². The number of carbonyl (C=O) groups is 1. The lowest BCUT2D eigenvalue weighted by molar-refractivity contribution is -0.112. The van der Waals surface area contributed by atoms with Crippen LogP contribution in [-0.4, -0.2) is 19.6 Å². The number of amides is 1. The van der Waals surface area contributed by atoms with Crippen molar-refractivity contribution in [3.05, 3.63) is 88.5 Å². The van der Waals surface area contributed by atoms with E-state index in [0.717, 1.165) is 5.56 Å². The van der Waals surface area contributed by atoms with Gasteiger partial charge >= 0.3 is 0 Å². The van der Waals surface area contributed by atoms with E-state index in [0.29, 0.717) is 40.1 Å². The first-order chi connectivity index (χ1) is 16.5. The first-order valence-electron chi connectivity index (χ1n) is 10.2. The Hall–Kier alpha value is -4.39. The van der Waals surface area contributed by atoms with Gasteiger partial charge in [0, 0.05) is 16.3 Å². The second kappa shape index (κ2) is 12.0. The minimum atomic E-state index is -0.543. The number of hydrogen-bond acceptors (Lipinski definition) is 5. The van der Waals surface area contributed by atoms with Gasteiger partial charge in [-0.05, 0) is 54.1 Å². The fourth-order valence-corrected chi connectivity index (χ4v) is 3.13. The molecule has 3 aromatic rings. The first kappa shape index (κ1) is 24.3. The van der Waals surface area contributed by atoms with Crippen molar-refractivity contribution in [3.63, 3.8) is 0 Å². The van der Waals surface area contributed by atoms with Crippen molar-refractivity contribution >= 4 is 29.3 Å². The summed E-state index contributed by atoms with van der Waals surface area (Å²) in [6.07, 6.45) is 6.68. The number of methoxy groups -OCH3 is 1. The summed E-state index contributed by atoms with van der Waals surface area (Å²) in [5, 5.41) is 12.8. The number of hydrogen-bond donors (Lipinski definition) is 1. The predicted octanol–water partition coefficient (Wildman–Crippen LogP) is 5.49. The Kier molecular flexibility index (Phi) is 8.57. The van der Waals surface area contributed by atoms with E-state index in [-0.39, 0.29) is 12.2 Å². The highest BCUT2D eigenvalue weighted by molar-refractivity contribution is 6.31. The molecule has 0 spiro atoms. The molecule has 0 saturated heterocycles. The average Bonchev–Trinajstić information content (AvgIpc) is 2.86. The topological polar surface area (TPSA) is 80.6 Å². The summed E-state index contributed by atoms with van der Waals surface area (Å²) in [4.78, 5) is 12.6. The van der Waals surface area contributed by atoms with Crippen LogP contribution in [0, 0.1) is 23.7 Å². The van der Waals surface area contributed by atoms with Gasteiger partial charge in [-0.1, -0.05) is 41.8 Å². The number of terminal acetylenes is 1. The van der Waals surface area contributed by atoms with E-state index in [2.05, 4.69) is 11.2 Å². The molecule has 3 aromatic carbocycles. The Labute approximate surface area is 203 Å². The molecule has 7 heteroatoms. The lowest BCUT2D eigenvalue weighted by atomic mass is 10.1. The minimum Gasteiger partial charge on any atom is -0.493 e. The summed E-state index contributed by atoms with van der Waals surface area (Å²) in [6.45, 7) is 0.421. The van der Waals surface area contributed by atoms with E-state index in [9.17, 15) is 10.1 Å². The SMILES string of the molecule is C#CCOc1ccc(/C=C(\C#N)C(=O)Nc2ccc(OCc3ccccc3Cl)cc2)cc1OC. The summed E-state index contributed by atoms with van der Waals surface area (Å²) in [6, 6.07) is 21.2. The maximum Gasteiger partial charge on any atom is 0.266 e. The maximum atomic E-state index is 12.6. The summed E-state index contributed by atoms with van der Waals surface area (Å²) in [5.41, 5.74) is 1.92. The second-order valence-electron chi connectivity index (χ2n) is 6.93. The van der Waals surface area contributed by atoms with Gasteiger partial charge in [-0.3, -0.25) is 4.79 Å². The minimum absolute atomic E-state index is 0.0709. The van der Waals surface area contributed by atoms with Gasteiger partial charge in [0.25, 0.3) is 5.91 Å². The molecular formula is C27H21ClN2O4. The second-order valence-corrected chi connectivity index (χ2v) is 7.34. The quantitative estimate of drug-likeness (QED) is 0.253. The molecule has 0 radical (unpaired) electrons. The van der Waals surface area contributed by atoms with Crippen molar-refractivity contribution in [2.75, 3.05) is 19.0 Å². The normalized spacial score (nSPS) is 10.5. The zero-order valence-electron chi connectivity index (χ0n) is 18.4. The highest BCUT2D eigenvalue weighted by Crippen LogP contribution is 2.29. The molecule has 0 bridgehead atoms. The van der Waals surface area contributed by atoms with Gasteiger partial charge in [-0.15, -0.1) is 6.42 Å². The van der Waals surface area contributed by atoms with E-state index in [4.69, 9.17) is 32.2 Å². The van der Waals surface area contributed by atoms with Gasteiger partial charge in [0.1, 0.15) is 30.6 Å². The number of carbonyl (C=O) groups excluding carboxylic acids is 1. The number of benzene rings is 3. The van der Waals surface area contributed by atoms with Crippen molar-refractivity contribution in [3.8, 4) is 35.7 Å². The molecule has 34 heavy (non-hydrogen) atoms. The largest absolute Gasteiger partial charge is 0.493 e. The van der Waals surface area contributed by atoms with Gasteiger partial charge in [0.15, 0.2) is 11.5 Å². The monoisotopic (exact) mass is 472 g/mol. The average molecular weight is 473 g/mol. The van der Waals surface area contributed by atoms with E-state index in [1.165, 1.54) is 13.2 Å². The van der Waals surface area contributed by atoms with Crippen LogP contribution in [-0.2, 0) is 11.4 Å². The highest BCUT2D eigenvalue weighted by atomic mass is 35.5. The number of nitrogens with zero attached hydrogens (tertiary/aromatic N) is 1. The van der Waals surface area contributed by atoms with Gasteiger partial charge in [-0.25, -0.2) is 0 Å². The molecule has 6 nitrogen and oxygen atoms in total. The van der Waals surface area contributed by atoms with Crippen molar-refractivity contribution in [1.82, 2.24) is 0 Å². The standard InChI is InChI=1S/C27H21ClN2O4/c1-3-14-33-25-13-8-19(16-26(25)32-2)15-21(17-29)27(31)30-22-9-11-23(12-10-22)34-18-20-6-4-5-7-24(20)28/h1,4-13,15-16H,14,18H2,2H3,(H,30,31)/b21-15+. The van der Waals surface area contributed by atoms with Crippen LogP contribution in [0.15, 0.2) is 72.3 Å². The van der Waals surface area contributed by atoms with Crippen molar-refractivity contribution in [2.24, 2.45) is 0 Å². The molecule has 0 aliphatic carbocycles. The lowest BCUT2D eigenvalue weighted by Crippen LogP contribution is -2.13. The zero-order valence-corrected chi connectivity index (χ0v) is 19.1. The van der Waals surface area contributed by atoms with Crippen LogP contribution >= 0.6 is 11.6 Å². The molecule has 0 aliphatic heterocycles. The zero-order chi connectivity index (χ0) is 24.3. The van der Waals surface area contributed by atoms with E-state index in [1.807, 2.05) is 24.3 Å². The third kappa shape index (κ3) is 6.56. The summed E-state index contributed by atoms with van der Waals surface area (Å²) in [7, 11) is 1.49. The number of halogens is 1. The van der Waals surface area contributed by atoms with Crippen LogP contribution in [0.25, 0.3) is 6.08 Å². The van der Waals surface area contributed by atoms with E-state index < -0.39 is 5.91 Å². The molecule has 3 rings (SSSR count). The van der Waals surface area contributed by atoms with Crippen LogP contribution in [0.4, 0.5) is 5.69 Å². The van der Waals surface area contributed by atoms with Crippen molar-refractivity contribution in [2.45, 2.75) is 6.61 Å². The summed E-state index contributed by atoms with van der Waals surface area (Å²) in [5.74, 6) is 3.37. The Balaban J connectivity index is 1.65. The Morgan fingerprint density at radius 3 is 2.53 bits per heavy atom. The maximum absolute atomic E-state index is 12.6. The van der Waals surface area contributed by atoms with Crippen molar-refractivity contribution in [1.29, 1.82) is 5.26 Å². The van der Waals surface area contributed by atoms with E-state index >= 15 is 0 Å². The molecule has 0 aromatic heterocycles. The van der Waals surface area contributed by atoms with Crippen LogP contribution in [0.3, 0.4) is 0 Å². The molecule has 1 amide bonds. The number of rotatable bonds is 9. The Morgan fingerprint density at radius 1 is 1.09 bits per heavy atom. The highest BCUT2D eigenvalue weighted by Gasteiger charge is 2.11. The third-order valence-corrected chi connectivity index (χ3v) is 5.01. The first-order valence-corrected chi connectivity index (χ1v) is 10.6. The Morgan fingerprint density at radius 2 is 1.85 bits per heavy atom. The molecule has 0 saturated carbocycles. The fraction of sp³-hybridized carbons (Fsp3) is 0.111. The predicted molar refractivity (Wildman–Crippen MR) is 132 cm³/mol. The molecule has 170 valence electrons. The van der Waals surface area contributed by atoms with Gasteiger partial charge in [0.2, 0.25) is 0 Å². The molecule has 0 atom stereocenters. The van der Waals surface area contributed by atoms with E-state index in [1.54, 1.807) is 48.5 Å². The van der Waals surface area contributed by atoms with Crippen LogP contribution in [0.5, 0.6) is 17.2 Å². The Bertz CT molecular complexity index is 1270. The van der Waals surface area contributed by atoms with Crippen LogP contribution in [0.1, 0.15) is 11.1 Å². The van der Waals surface area contributed by atoms with Crippen LogP contribution in [0.2, 0.25) is 5.02 Å². The number of ether oxygens (including phenoxy) is 3. The van der Waals surface area contributed by atoms with Gasteiger partial charge in [-0.2, -0.15) is 5.26 Å². The number of nitrogens with one attached hydrogen (secondary N) is 1. The molecular weight excluding hydrogens is 452 g/mol. The summed E-state index contributed by atoms with van der Waals surface area (Å²) < 4.78 is 16.4. The molecule has 1 N–H and O–H groups in total. The number of nitriles is 1. The lowest BCUT2D eigenvalue weighted by Gasteiger charge is -2.10. The van der Waals surface area contributed by atoms with Crippen LogP contribution < -0.4 is 19.5 Å². The third-order valence-electron chi connectivity index (χ3n) is 4.64. The number of anilines is 1. The smallest absolute Gasteiger partial charge is 0.266 e. The summed E-state index contributed by atoms with van der Waals surface area (Å²) >= 11 is 6.14. The molecule has 0 fully saturated rings. The van der Waals surface area contributed by atoms with Crippen molar-refractivity contribution < 1.29 is 19.0 Å². The molecule has 0 aliphatic rings. The fourth-order valence-electron chi connectivity index (χ4n) is 2.94. The molecule has 0 unspecified atom stereocenters.